The first-order chi connectivity index (χ1) is 8.25. The Kier molecular flexibility index (Phi) is 2.88. The highest BCUT2D eigenvalue weighted by Crippen LogP contribution is 2.27. The fourth-order valence-corrected chi connectivity index (χ4v) is 3.16. The van der Waals surface area contributed by atoms with Crippen LogP contribution in [0.2, 0.25) is 0 Å². The normalized spacial score (nSPS) is 37.3. The SMILES string of the molecule is O=C1CC2CNCC(C1)N2C(=O)C1CCOC1. The number of hydrogen-bond acceptors (Lipinski definition) is 4. The Bertz CT molecular complexity index is 323. The second kappa shape index (κ2) is 4.38. The molecule has 3 aliphatic heterocycles. The molecule has 3 aliphatic rings. The maximum atomic E-state index is 12.4. The van der Waals surface area contributed by atoms with Gasteiger partial charge in [0.1, 0.15) is 5.78 Å². The number of nitrogens with one attached hydrogen (secondary N) is 1. The molecule has 3 unspecified atom stereocenters. The van der Waals surface area contributed by atoms with Gasteiger partial charge in [0.2, 0.25) is 5.91 Å². The van der Waals surface area contributed by atoms with Gasteiger partial charge in [0.05, 0.1) is 24.6 Å². The topological polar surface area (TPSA) is 58.6 Å². The Morgan fingerprint density at radius 1 is 1.29 bits per heavy atom. The summed E-state index contributed by atoms with van der Waals surface area (Å²) in [6.45, 7) is 2.75. The number of hydrogen-bond donors (Lipinski definition) is 1. The zero-order chi connectivity index (χ0) is 11.8. The molecule has 3 atom stereocenters. The first-order valence-electron chi connectivity index (χ1n) is 6.38. The highest BCUT2D eigenvalue weighted by Gasteiger charge is 2.42. The first-order valence-corrected chi connectivity index (χ1v) is 6.38. The Balaban J connectivity index is 1.76. The summed E-state index contributed by atoms with van der Waals surface area (Å²) in [7, 11) is 0. The molecule has 1 N–H and O–H groups in total. The molecule has 0 radical (unpaired) electrons. The van der Waals surface area contributed by atoms with E-state index in [1.807, 2.05) is 4.90 Å². The van der Waals surface area contributed by atoms with Crippen molar-refractivity contribution in [3.8, 4) is 0 Å². The van der Waals surface area contributed by atoms with Gasteiger partial charge in [-0.15, -0.1) is 0 Å². The molecule has 0 aromatic heterocycles. The first kappa shape index (κ1) is 11.2. The quantitative estimate of drug-likeness (QED) is 0.672. The van der Waals surface area contributed by atoms with Gasteiger partial charge in [-0.25, -0.2) is 0 Å². The number of carbonyl (C=O) groups excluding carboxylic acids is 2. The number of ketones is 1. The monoisotopic (exact) mass is 238 g/mol. The third-order valence-corrected chi connectivity index (χ3v) is 4.01. The molecule has 3 saturated heterocycles. The van der Waals surface area contributed by atoms with Crippen LogP contribution in [0.5, 0.6) is 0 Å². The van der Waals surface area contributed by atoms with Crippen LogP contribution in [0.25, 0.3) is 0 Å². The molecular formula is C12H18N2O3. The van der Waals surface area contributed by atoms with E-state index in [2.05, 4.69) is 5.32 Å². The Morgan fingerprint density at radius 2 is 2.00 bits per heavy atom. The zero-order valence-electron chi connectivity index (χ0n) is 9.85. The summed E-state index contributed by atoms with van der Waals surface area (Å²) >= 11 is 0. The van der Waals surface area contributed by atoms with Crippen LogP contribution in [0.4, 0.5) is 0 Å². The lowest BCUT2D eigenvalue weighted by atomic mass is 9.89. The maximum Gasteiger partial charge on any atom is 0.228 e. The average Bonchev–Trinajstić information content (AvgIpc) is 2.80. The lowest BCUT2D eigenvalue weighted by Crippen LogP contribution is -2.64. The lowest BCUT2D eigenvalue weighted by molar-refractivity contribution is -0.147. The zero-order valence-corrected chi connectivity index (χ0v) is 9.85. The summed E-state index contributed by atoms with van der Waals surface area (Å²) in [6, 6.07) is 0.145. The predicted molar refractivity (Wildman–Crippen MR) is 60.5 cm³/mol. The predicted octanol–water partition coefficient (Wildman–Crippen LogP) is -0.445. The molecule has 0 aliphatic carbocycles. The molecule has 0 spiro atoms. The number of amides is 1. The summed E-state index contributed by atoms with van der Waals surface area (Å²) in [5, 5.41) is 3.31. The van der Waals surface area contributed by atoms with Crippen molar-refractivity contribution in [2.24, 2.45) is 5.92 Å². The van der Waals surface area contributed by atoms with Gasteiger partial charge in [0.25, 0.3) is 0 Å². The third kappa shape index (κ3) is 1.98. The van der Waals surface area contributed by atoms with Crippen molar-refractivity contribution in [3.63, 3.8) is 0 Å². The van der Waals surface area contributed by atoms with Crippen LogP contribution in [-0.2, 0) is 14.3 Å². The van der Waals surface area contributed by atoms with E-state index in [1.165, 1.54) is 0 Å². The lowest BCUT2D eigenvalue weighted by Gasteiger charge is -2.46. The van der Waals surface area contributed by atoms with E-state index in [9.17, 15) is 9.59 Å². The van der Waals surface area contributed by atoms with Gasteiger partial charge >= 0.3 is 0 Å². The summed E-state index contributed by atoms with van der Waals surface area (Å²) in [5.41, 5.74) is 0. The number of ether oxygens (including phenoxy) is 1. The van der Waals surface area contributed by atoms with Gasteiger partial charge in [0.15, 0.2) is 0 Å². The van der Waals surface area contributed by atoms with Crippen LogP contribution in [0.1, 0.15) is 19.3 Å². The van der Waals surface area contributed by atoms with Crippen molar-refractivity contribution >= 4 is 11.7 Å². The highest BCUT2D eigenvalue weighted by atomic mass is 16.5. The number of piperidine rings is 1. The van der Waals surface area contributed by atoms with Gasteiger partial charge in [-0.3, -0.25) is 9.59 Å². The molecule has 0 aromatic rings. The molecule has 1 amide bonds. The van der Waals surface area contributed by atoms with Crippen LogP contribution in [0.15, 0.2) is 0 Å². The molecule has 3 heterocycles. The van der Waals surface area contributed by atoms with E-state index in [0.29, 0.717) is 31.8 Å². The molecule has 0 saturated carbocycles. The number of fused-ring (bicyclic) bond motifs is 2. The highest BCUT2D eigenvalue weighted by molar-refractivity contribution is 5.86. The van der Waals surface area contributed by atoms with E-state index >= 15 is 0 Å². The number of piperazine rings is 1. The second-order valence-electron chi connectivity index (χ2n) is 5.22. The largest absolute Gasteiger partial charge is 0.381 e. The molecule has 5 heteroatoms. The minimum Gasteiger partial charge on any atom is -0.381 e. The Hall–Kier alpha value is -0.940. The van der Waals surface area contributed by atoms with Crippen molar-refractivity contribution in [1.82, 2.24) is 10.2 Å². The van der Waals surface area contributed by atoms with Gasteiger partial charge in [0, 0.05) is 32.5 Å². The van der Waals surface area contributed by atoms with Crippen LogP contribution >= 0.6 is 0 Å². The fraction of sp³-hybridized carbons (Fsp3) is 0.833. The molecule has 3 fully saturated rings. The van der Waals surface area contributed by atoms with Crippen LogP contribution in [-0.4, -0.2) is 55.0 Å². The fourth-order valence-electron chi connectivity index (χ4n) is 3.16. The summed E-state index contributed by atoms with van der Waals surface area (Å²) in [4.78, 5) is 26.0. The molecular weight excluding hydrogens is 220 g/mol. The number of nitrogens with zero attached hydrogens (tertiary/aromatic N) is 1. The number of Topliss-reactive ketones (excluding diaryl/α,β-unsaturated/α-hetero) is 1. The van der Waals surface area contributed by atoms with E-state index in [4.69, 9.17) is 4.74 Å². The smallest absolute Gasteiger partial charge is 0.228 e. The summed E-state index contributed by atoms with van der Waals surface area (Å²) in [6.07, 6.45) is 1.86. The van der Waals surface area contributed by atoms with Crippen molar-refractivity contribution in [2.45, 2.75) is 31.3 Å². The van der Waals surface area contributed by atoms with Gasteiger partial charge < -0.3 is 15.0 Å². The maximum absolute atomic E-state index is 12.4. The van der Waals surface area contributed by atoms with Crippen molar-refractivity contribution in [1.29, 1.82) is 0 Å². The van der Waals surface area contributed by atoms with E-state index in [-0.39, 0.29) is 23.9 Å². The van der Waals surface area contributed by atoms with Crippen LogP contribution in [0, 0.1) is 5.92 Å². The molecule has 17 heavy (non-hydrogen) atoms. The van der Waals surface area contributed by atoms with Crippen LogP contribution in [0.3, 0.4) is 0 Å². The minimum atomic E-state index is 0.0197. The Morgan fingerprint density at radius 3 is 2.59 bits per heavy atom. The molecule has 0 aromatic carbocycles. The van der Waals surface area contributed by atoms with E-state index in [1.54, 1.807) is 0 Å². The van der Waals surface area contributed by atoms with E-state index in [0.717, 1.165) is 19.5 Å². The van der Waals surface area contributed by atoms with Crippen molar-refractivity contribution in [3.05, 3.63) is 0 Å². The van der Waals surface area contributed by atoms with Crippen molar-refractivity contribution < 1.29 is 14.3 Å². The third-order valence-electron chi connectivity index (χ3n) is 4.01. The molecule has 3 rings (SSSR count). The molecule has 94 valence electrons. The van der Waals surface area contributed by atoms with Gasteiger partial charge in [-0.2, -0.15) is 0 Å². The standard InChI is InChI=1S/C12H18N2O3/c15-11-3-9-5-13-6-10(4-11)14(9)12(16)8-1-2-17-7-8/h8-10,13H,1-7H2. The molecule has 2 bridgehead atoms. The second-order valence-corrected chi connectivity index (χ2v) is 5.22. The number of rotatable bonds is 1. The Labute approximate surface area is 100 Å². The van der Waals surface area contributed by atoms with Gasteiger partial charge in [-0.1, -0.05) is 0 Å². The van der Waals surface area contributed by atoms with Crippen LogP contribution < -0.4 is 5.32 Å². The van der Waals surface area contributed by atoms with Gasteiger partial charge in [-0.05, 0) is 6.42 Å². The summed E-state index contributed by atoms with van der Waals surface area (Å²) in [5.74, 6) is 0.519. The summed E-state index contributed by atoms with van der Waals surface area (Å²) < 4.78 is 5.28. The van der Waals surface area contributed by atoms with Crippen molar-refractivity contribution in [2.75, 3.05) is 26.3 Å². The number of carbonyl (C=O) groups is 2. The van der Waals surface area contributed by atoms with E-state index < -0.39 is 0 Å². The molecule has 5 nitrogen and oxygen atoms in total. The average molecular weight is 238 g/mol. The minimum absolute atomic E-state index is 0.0197.